The van der Waals surface area contributed by atoms with Gasteiger partial charge in [-0.15, -0.1) is 0 Å². The molecule has 3 atom stereocenters. The second-order valence-corrected chi connectivity index (χ2v) is 10.6. The molecule has 10 heteroatoms. The van der Waals surface area contributed by atoms with Crippen molar-refractivity contribution >= 4 is 28.8 Å². The first-order valence-corrected chi connectivity index (χ1v) is 13.2. The second-order valence-electron chi connectivity index (χ2n) is 10.2. The molecule has 2 aromatic heterocycles. The van der Waals surface area contributed by atoms with Gasteiger partial charge in [-0.3, -0.25) is 0 Å². The molecule has 2 bridgehead atoms. The molecule has 9 nitrogen and oxygen atoms in total. The molecular formula is C26H29ClN6O3. The standard InChI is InChI=1S/C26H29ClN6O3/c27-21-9-29-25-24(21)31-22(10-30-25)16-7-15-3-5-32(26(34)33-11-17-1-2-18(12-33)36-17)13-20(15)19(8-16)23-14-35-6-4-28-23/h7-10,17-18,23,28H,1-6,11-14H2,(H,29,30)/t17?,18?,23-/m0/s1. The van der Waals surface area contributed by atoms with Gasteiger partial charge >= 0.3 is 6.03 Å². The molecule has 2 unspecified atom stereocenters. The van der Waals surface area contributed by atoms with Crippen LogP contribution in [0.1, 0.15) is 35.6 Å². The zero-order valence-electron chi connectivity index (χ0n) is 20.0. The highest BCUT2D eigenvalue weighted by atomic mass is 35.5. The molecule has 0 radical (unpaired) electrons. The Morgan fingerprint density at radius 2 is 2.03 bits per heavy atom. The fourth-order valence-corrected chi connectivity index (χ4v) is 6.24. The first kappa shape index (κ1) is 22.5. The van der Waals surface area contributed by atoms with E-state index < -0.39 is 0 Å². The van der Waals surface area contributed by atoms with Gasteiger partial charge in [0.1, 0.15) is 5.52 Å². The summed E-state index contributed by atoms with van der Waals surface area (Å²) in [4.78, 5) is 29.9. The van der Waals surface area contributed by atoms with Crippen LogP contribution < -0.4 is 5.32 Å². The van der Waals surface area contributed by atoms with Crippen LogP contribution in [0.3, 0.4) is 0 Å². The van der Waals surface area contributed by atoms with Crippen LogP contribution in [0.25, 0.3) is 22.4 Å². The number of ether oxygens (including phenoxy) is 2. The minimum absolute atomic E-state index is 0.0641. The lowest BCUT2D eigenvalue weighted by Gasteiger charge is -2.39. The predicted octanol–water partition coefficient (Wildman–Crippen LogP) is 3.28. The number of halogens is 1. The number of nitrogens with zero attached hydrogens (tertiary/aromatic N) is 4. The highest BCUT2D eigenvalue weighted by Crippen LogP contribution is 2.35. The Bertz CT molecular complexity index is 1310. The maximum absolute atomic E-state index is 13.5. The van der Waals surface area contributed by atoms with Crippen LogP contribution in [0.5, 0.6) is 0 Å². The Morgan fingerprint density at radius 3 is 2.83 bits per heavy atom. The van der Waals surface area contributed by atoms with E-state index in [0.717, 1.165) is 37.1 Å². The molecule has 0 saturated carbocycles. The van der Waals surface area contributed by atoms with Gasteiger partial charge in [-0.2, -0.15) is 0 Å². The average Bonchev–Trinajstić information content (AvgIpc) is 3.47. The van der Waals surface area contributed by atoms with Gasteiger partial charge in [-0.1, -0.05) is 11.6 Å². The molecule has 1 aromatic carbocycles. The Kier molecular flexibility index (Phi) is 5.61. The number of H-pyrrole nitrogens is 1. The first-order valence-electron chi connectivity index (χ1n) is 12.8. The summed E-state index contributed by atoms with van der Waals surface area (Å²) in [6, 6.07) is 4.58. The van der Waals surface area contributed by atoms with Gasteiger partial charge in [0, 0.05) is 44.5 Å². The summed E-state index contributed by atoms with van der Waals surface area (Å²) in [6.07, 6.45) is 6.80. The molecule has 4 aliphatic rings. The number of hydrogen-bond donors (Lipinski definition) is 2. The zero-order chi connectivity index (χ0) is 24.2. The normalized spacial score (nSPS) is 25.9. The van der Waals surface area contributed by atoms with Gasteiger partial charge < -0.3 is 29.6 Å². The summed E-state index contributed by atoms with van der Waals surface area (Å²) in [7, 11) is 0. The molecule has 7 rings (SSSR count). The Morgan fingerprint density at radius 1 is 1.17 bits per heavy atom. The number of morpholine rings is 2. The molecular weight excluding hydrogens is 480 g/mol. The molecule has 6 heterocycles. The van der Waals surface area contributed by atoms with Crippen molar-refractivity contribution in [1.29, 1.82) is 0 Å². The lowest BCUT2D eigenvalue weighted by Crippen LogP contribution is -2.52. The molecule has 3 saturated heterocycles. The molecule has 4 aliphatic heterocycles. The van der Waals surface area contributed by atoms with Crippen molar-refractivity contribution in [2.45, 2.75) is 44.1 Å². The van der Waals surface area contributed by atoms with E-state index in [0.29, 0.717) is 55.6 Å². The third kappa shape index (κ3) is 3.94. The number of fused-ring (bicyclic) bond motifs is 4. The Balaban J connectivity index is 1.23. The van der Waals surface area contributed by atoms with Crippen LogP contribution >= 0.6 is 11.6 Å². The van der Waals surface area contributed by atoms with E-state index in [-0.39, 0.29) is 24.3 Å². The Hall–Kier alpha value is -2.72. The van der Waals surface area contributed by atoms with Crippen LogP contribution in [0.15, 0.2) is 24.5 Å². The smallest absolute Gasteiger partial charge is 0.320 e. The SMILES string of the molecule is O=C(N1CCc2cc(-c3cnc4[nH]cc(Cl)c4n3)cc([C@@H]3COCCN3)c2C1)N1CC2CCC(C1)O2. The molecule has 36 heavy (non-hydrogen) atoms. The molecule has 3 fully saturated rings. The first-order chi connectivity index (χ1) is 17.6. The van der Waals surface area contributed by atoms with Gasteiger partial charge in [-0.25, -0.2) is 14.8 Å². The fraction of sp³-hybridized carbons (Fsp3) is 0.500. The minimum atomic E-state index is 0.0641. The third-order valence-corrected chi connectivity index (χ3v) is 8.18. The molecule has 0 aliphatic carbocycles. The van der Waals surface area contributed by atoms with Crippen LogP contribution in [0, 0.1) is 0 Å². The summed E-state index contributed by atoms with van der Waals surface area (Å²) in [5.74, 6) is 0. The van der Waals surface area contributed by atoms with Crippen LogP contribution in [0.2, 0.25) is 5.02 Å². The van der Waals surface area contributed by atoms with Crippen LogP contribution in [-0.4, -0.2) is 82.4 Å². The largest absolute Gasteiger partial charge is 0.378 e. The number of rotatable bonds is 2. The molecule has 2 N–H and O–H groups in total. The minimum Gasteiger partial charge on any atom is -0.378 e. The summed E-state index contributed by atoms with van der Waals surface area (Å²) >= 11 is 6.32. The Labute approximate surface area is 214 Å². The molecule has 0 spiro atoms. The molecule has 3 aromatic rings. The quantitative estimate of drug-likeness (QED) is 0.551. The lowest BCUT2D eigenvalue weighted by molar-refractivity contribution is -0.0291. The number of amides is 2. The van der Waals surface area contributed by atoms with Crippen molar-refractivity contribution in [3.8, 4) is 11.3 Å². The molecule has 2 amide bonds. The van der Waals surface area contributed by atoms with E-state index in [1.54, 1.807) is 12.4 Å². The van der Waals surface area contributed by atoms with Crippen molar-refractivity contribution < 1.29 is 14.3 Å². The van der Waals surface area contributed by atoms with Gasteiger partial charge in [0.05, 0.1) is 48.4 Å². The summed E-state index contributed by atoms with van der Waals surface area (Å²) in [6.45, 7) is 4.80. The monoisotopic (exact) mass is 508 g/mol. The highest BCUT2D eigenvalue weighted by Gasteiger charge is 2.38. The van der Waals surface area contributed by atoms with Crippen LogP contribution in [-0.2, 0) is 22.4 Å². The average molecular weight is 509 g/mol. The number of aromatic nitrogens is 3. The highest BCUT2D eigenvalue weighted by molar-refractivity contribution is 6.34. The van der Waals surface area contributed by atoms with Gasteiger partial charge in [0.25, 0.3) is 0 Å². The van der Waals surface area contributed by atoms with Crippen LogP contribution in [0.4, 0.5) is 4.79 Å². The van der Waals surface area contributed by atoms with Crippen molar-refractivity contribution in [2.75, 3.05) is 39.4 Å². The maximum atomic E-state index is 13.5. The number of urea groups is 1. The zero-order valence-corrected chi connectivity index (χ0v) is 20.8. The van der Waals surface area contributed by atoms with E-state index in [2.05, 4.69) is 27.4 Å². The van der Waals surface area contributed by atoms with Crippen molar-refractivity contribution in [2.24, 2.45) is 0 Å². The van der Waals surface area contributed by atoms with E-state index in [9.17, 15) is 4.79 Å². The van der Waals surface area contributed by atoms with Crippen molar-refractivity contribution in [1.82, 2.24) is 30.1 Å². The van der Waals surface area contributed by atoms with Crippen molar-refractivity contribution in [3.05, 3.63) is 46.2 Å². The second kappa shape index (κ2) is 8.99. The summed E-state index contributed by atoms with van der Waals surface area (Å²) < 4.78 is 11.8. The number of hydrogen-bond acceptors (Lipinski definition) is 6. The fourth-order valence-electron chi connectivity index (χ4n) is 6.06. The maximum Gasteiger partial charge on any atom is 0.320 e. The number of aromatic amines is 1. The van der Waals surface area contributed by atoms with E-state index >= 15 is 0 Å². The number of nitrogens with one attached hydrogen (secondary N) is 2. The summed E-state index contributed by atoms with van der Waals surface area (Å²) in [5.41, 5.74) is 6.77. The topological polar surface area (TPSA) is 95.6 Å². The number of carbonyl (C=O) groups is 1. The van der Waals surface area contributed by atoms with Crippen molar-refractivity contribution in [3.63, 3.8) is 0 Å². The third-order valence-electron chi connectivity index (χ3n) is 7.89. The lowest BCUT2D eigenvalue weighted by atomic mass is 9.88. The van der Waals surface area contributed by atoms with Gasteiger partial charge in [0.2, 0.25) is 0 Å². The van der Waals surface area contributed by atoms with E-state index in [1.165, 1.54) is 16.7 Å². The van der Waals surface area contributed by atoms with Gasteiger partial charge in [-0.05, 0) is 48.1 Å². The predicted molar refractivity (Wildman–Crippen MR) is 135 cm³/mol. The van der Waals surface area contributed by atoms with E-state index in [4.69, 9.17) is 26.1 Å². The number of benzene rings is 1. The summed E-state index contributed by atoms with van der Waals surface area (Å²) in [5, 5.41) is 4.17. The van der Waals surface area contributed by atoms with Gasteiger partial charge in [0.15, 0.2) is 5.65 Å². The number of likely N-dealkylation sites (tertiary alicyclic amines) is 1. The molecule has 188 valence electrons. The number of carbonyl (C=O) groups excluding carboxylic acids is 1. The van der Waals surface area contributed by atoms with E-state index in [1.807, 2.05) is 9.80 Å².